The molecule has 1 fully saturated rings. The Morgan fingerprint density at radius 2 is 1.83 bits per heavy atom. The Hall–Kier alpha value is -1.10. The van der Waals surface area contributed by atoms with Gasteiger partial charge in [0.2, 0.25) is 5.54 Å². The summed E-state index contributed by atoms with van der Waals surface area (Å²) in [5, 5.41) is 19.4. The zero-order valence-electron chi connectivity index (χ0n) is 11.9. The maximum absolute atomic E-state index is 12.0. The minimum atomic E-state index is -1.22. The second kappa shape index (κ2) is 4.23. The number of carbonyl (C=O) groups is 2. The van der Waals surface area contributed by atoms with Gasteiger partial charge in [0.05, 0.1) is 6.04 Å². The maximum Gasteiger partial charge on any atom is 0.515 e. The van der Waals surface area contributed by atoms with Crippen LogP contribution >= 0.6 is 0 Å². The number of amides is 1. The monoisotopic (exact) mass is 258 g/mol. The van der Waals surface area contributed by atoms with E-state index in [2.05, 4.69) is 0 Å². The molecule has 18 heavy (non-hydrogen) atoms. The van der Waals surface area contributed by atoms with Crippen molar-refractivity contribution in [2.24, 2.45) is 0 Å². The molecule has 3 atom stereocenters. The van der Waals surface area contributed by atoms with E-state index in [9.17, 15) is 19.8 Å². The van der Waals surface area contributed by atoms with Crippen LogP contribution in [-0.2, 0) is 4.79 Å². The summed E-state index contributed by atoms with van der Waals surface area (Å²) in [6.07, 6.45) is 0.348. The van der Waals surface area contributed by atoms with Crippen molar-refractivity contribution < 1.29 is 24.3 Å². The molecule has 0 radical (unpaired) electrons. The van der Waals surface area contributed by atoms with Crippen LogP contribution in [0.4, 0.5) is 4.79 Å². The number of carboxylic acid groups (broad SMARTS) is 2. The summed E-state index contributed by atoms with van der Waals surface area (Å²) in [6.45, 7) is 9.07. The van der Waals surface area contributed by atoms with E-state index >= 15 is 0 Å². The first-order valence-corrected chi connectivity index (χ1v) is 6.43. The maximum atomic E-state index is 12.0. The molecule has 104 valence electrons. The summed E-state index contributed by atoms with van der Waals surface area (Å²) in [5.41, 5.74) is -1.88. The lowest BCUT2D eigenvalue weighted by Crippen LogP contribution is -2.76. The largest absolute Gasteiger partial charge is 0.515 e. The summed E-state index contributed by atoms with van der Waals surface area (Å²) < 4.78 is -0.383. The van der Waals surface area contributed by atoms with Crippen molar-refractivity contribution >= 4 is 12.1 Å². The van der Waals surface area contributed by atoms with Gasteiger partial charge in [-0.3, -0.25) is 0 Å². The highest BCUT2D eigenvalue weighted by Crippen LogP contribution is 2.50. The number of hydrogen-bond donors (Lipinski definition) is 2. The first-order valence-electron chi connectivity index (χ1n) is 6.43. The quantitative estimate of drug-likeness (QED) is 0.747. The van der Waals surface area contributed by atoms with Gasteiger partial charge in [0, 0.05) is 19.3 Å². The number of aliphatic carboxylic acids is 1. The number of nitrogens with zero attached hydrogens (tertiary/aromatic N) is 1. The molecule has 0 aliphatic carbocycles. The van der Waals surface area contributed by atoms with Crippen molar-refractivity contribution in [1.82, 2.24) is 0 Å². The lowest BCUT2D eigenvalue weighted by atomic mass is 9.85. The first kappa shape index (κ1) is 15.0. The predicted octanol–water partition coefficient (Wildman–Crippen LogP) is 2.70. The molecule has 3 unspecified atom stereocenters. The summed E-state index contributed by atoms with van der Waals surface area (Å²) in [7, 11) is 0. The molecule has 0 spiro atoms. The molecule has 1 aliphatic heterocycles. The van der Waals surface area contributed by atoms with E-state index < -0.39 is 23.1 Å². The fraction of sp³-hybridized carbons (Fsp3) is 0.846. The van der Waals surface area contributed by atoms with Gasteiger partial charge in [0.15, 0.2) is 0 Å². The van der Waals surface area contributed by atoms with Crippen LogP contribution < -0.4 is 0 Å². The SMILES string of the molecule is CCC1(C(=O)O)CCC(C)[N+]1(C(=O)O)C(C)(C)C. The van der Waals surface area contributed by atoms with Crippen LogP contribution in [0.1, 0.15) is 53.9 Å². The summed E-state index contributed by atoms with van der Waals surface area (Å²) in [6, 6.07) is -0.196. The standard InChI is InChI=1S/C13H23NO4/c1-6-13(10(15)16)8-7-9(2)14(13,11(17)18)12(3,4)5/h9H,6-8H2,1-5H3,(H-,15,16,17,18)/p+1. The second-order valence-electron chi connectivity index (χ2n) is 6.25. The normalized spacial score (nSPS) is 36.6. The molecule has 0 aromatic carbocycles. The Kier molecular flexibility index (Phi) is 3.51. The smallest absolute Gasteiger partial charge is 0.477 e. The predicted molar refractivity (Wildman–Crippen MR) is 67.4 cm³/mol. The van der Waals surface area contributed by atoms with Crippen molar-refractivity contribution in [2.45, 2.75) is 71.0 Å². The van der Waals surface area contributed by atoms with Gasteiger partial charge in [0.25, 0.3) is 0 Å². The molecule has 5 heteroatoms. The van der Waals surface area contributed by atoms with E-state index in [1.54, 1.807) is 6.92 Å². The molecule has 1 aliphatic rings. The van der Waals surface area contributed by atoms with Crippen LogP contribution in [0.3, 0.4) is 0 Å². The van der Waals surface area contributed by atoms with Crippen LogP contribution in [0.25, 0.3) is 0 Å². The van der Waals surface area contributed by atoms with Gasteiger partial charge < -0.3 is 10.2 Å². The molecule has 1 amide bonds. The molecule has 0 aromatic rings. The van der Waals surface area contributed by atoms with Gasteiger partial charge in [0.1, 0.15) is 5.54 Å². The van der Waals surface area contributed by atoms with E-state index in [0.29, 0.717) is 19.3 Å². The van der Waals surface area contributed by atoms with Crippen molar-refractivity contribution in [3.63, 3.8) is 0 Å². The Balaban J connectivity index is 3.62. The Labute approximate surface area is 108 Å². The molecule has 2 N–H and O–H groups in total. The van der Waals surface area contributed by atoms with E-state index in [1.165, 1.54) is 0 Å². The van der Waals surface area contributed by atoms with E-state index in [0.717, 1.165) is 0 Å². The fourth-order valence-electron chi connectivity index (χ4n) is 4.04. The van der Waals surface area contributed by atoms with Crippen LogP contribution in [-0.4, -0.2) is 43.9 Å². The molecule has 1 heterocycles. The lowest BCUT2D eigenvalue weighted by Gasteiger charge is -2.52. The van der Waals surface area contributed by atoms with E-state index in [4.69, 9.17) is 0 Å². The van der Waals surface area contributed by atoms with E-state index in [-0.39, 0.29) is 10.5 Å². The van der Waals surface area contributed by atoms with Crippen LogP contribution in [0, 0.1) is 0 Å². The first-order chi connectivity index (χ1) is 8.08. The van der Waals surface area contributed by atoms with Crippen molar-refractivity contribution in [3.05, 3.63) is 0 Å². The average molecular weight is 258 g/mol. The number of carboxylic acids is 1. The molecule has 1 saturated heterocycles. The van der Waals surface area contributed by atoms with Gasteiger partial charge >= 0.3 is 12.1 Å². The molecule has 0 bridgehead atoms. The van der Waals surface area contributed by atoms with Crippen molar-refractivity contribution in [2.75, 3.05) is 0 Å². The highest BCUT2D eigenvalue weighted by molar-refractivity contribution is 5.80. The summed E-state index contributed by atoms with van der Waals surface area (Å²) in [4.78, 5) is 23.8. The van der Waals surface area contributed by atoms with Gasteiger partial charge in [-0.1, -0.05) is 6.92 Å². The Bertz CT molecular complexity index is 374. The van der Waals surface area contributed by atoms with Crippen LogP contribution in [0.2, 0.25) is 0 Å². The highest BCUT2D eigenvalue weighted by atomic mass is 16.4. The Morgan fingerprint density at radius 1 is 1.33 bits per heavy atom. The summed E-state index contributed by atoms with van der Waals surface area (Å²) in [5.74, 6) is -0.994. The van der Waals surface area contributed by atoms with Gasteiger partial charge in [-0.05, 0) is 27.7 Å². The van der Waals surface area contributed by atoms with Crippen LogP contribution in [0.5, 0.6) is 0 Å². The van der Waals surface area contributed by atoms with Gasteiger partial charge in [-0.2, -0.15) is 4.79 Å². The van der Waals surface area contributed by atoms with Crippen molar-refractivity contribution in [1.29, 1.82) is 0 Å². The molecular weight excluding hydrogens is 234 g/mol. The molecular formula is C13H24NO4+. The number of hydrogen-bond acceptors (Lipinski definition) is 2. The number of quaternary nitrogens is 1. The molecule has 5 nitrogen and oxygen atoms in total. The van der Waals surface area contributed by atoms with Gasteiger partial charge in [-0.25, -0.2) is 9.28 Å². The average Bonchev–Trinajstić information content (AvgIpc) is 2.52. The number of likely N-dealkylation sites (tertiary alicyclic amines) is 1. The third-order valence-electron chi connectivity index (χ3n) is 4.65. The summed E-state index contributed by atoms with van der Waals surface area (Å²) >= 11 is 0. The molecule has 0 saturated carbocycles. The minimum absolute atomic E-state index is 0.196. The third-order valence-corrected chi connectivity index (χ3v) is 4.65. The zero-order valence-corrected chi connectivity index (χ0v) is 11.9. The van der Waals surface area contributed by atoms with Crippen LogP contribution in [0.15, 0.2) is 0 Å². The zero-order chi connectivity index (χ0) is 14.4. The van der Waals surface area contributed by atoms with Crippen molar-refractivity contribution in [3.8, 4) is 0 Å². The van der Waals surface area contributed by atoms with Gasteiger partial charge in [-0.15, -0.1) is 0 Å². The second-order valence-corrected chi connectivity index (χ2v) is 6.25. The third kappa shape index (κ3) is 1.49. The van der Waals surface area contributed by atoms with E-state index in [1.807, 2.05) is 27.7 Å². The fourth-order valence-corrected chi connectivity index (χ4v) is 4.04. The minimum Gasteiger partial charge on any atom is -0.477 e. The lowest BCUT2D eigenvalue weighted by molar-refractivity contribution is -0.949. The molecule has 0 aromatic heterocycles. The molecule has 1 rings (SSSR count). The topological polar surface area (TPSA) is 74.6 Å². The Morgan fingerprint density at radius 3 is 2.06 bits per heavy atom. The highest BCUT2D eigenvalue weighted by Gasteiger charge is 2.71. The number of rotatable bonds is 2.